The number of ether oxygens (including phenoxy) is 4. The lowest BCUT2D eigenvalue weighted by Gasteiger charge is -2.33. The summed E-state index contributed by atoms with van der Waals surface area (Å²) < 4.78 is 22.7. The van der Waals surface area contributed by atoms with Gasteiger partial charge in [-0.1, -0.05) is 12.1 Å². The Morgan fingerprint density at radius 3 is 2.26 bits per heavy atom. The molecule has 4 rings (SSSR count). The number of hydrogen-bond acceptors (Lipinski definition) is 8. The van der Waals surface area contributed by atoms with Gasteiger partial charge >= 0.3 is 0 Å². The highest BCUT2D eigenvalue weighted by Gasteiger charge is 2.37. The fourth-order valence-electron chi connectivity index (χ4n) is 4.35. The highest BCUT2D eigenvalue weighted by molar-refractivity contribution is 5.88. The standard InChI is InChI=1S/C26H28O8/c1-31-19-10-15(8-7-14-5-4-6-16(28)9-14)11-20-23(19)22-17(25(34-20)18(29)13-27)12-21(32-2)24(30)26(22)33-3/h4-6,9-12,18,25,27-30H,7-8,13H2,1-3H3/t18-,25+/m1/s1. The number of phenols is 2. The van der Waals surface area contributed by atoms with Crippen LogP contribution in [0.25, 0.3) is 11.1 Å². The predicted octanol–water partition coefficient (Wildman–Crippen LogP) is 3.36. The Morgan fingerprint density at radius 1 is 0.882 bits per heavy atom. The first-order valence-corrected chi connectivity index (χ1v) is 10.8. The lowest BCUT2D eigenvalue weighted by molar-refractivity contribution is -0.00332. The van der Waals surface area contributed by atoms with Crippen molar-refractivity contribution in [1.82, 2.24) is 0 Å². The van der Waals surface area contributed by atoms with Crippen LogP contribution in [0.15, 0.2) is 42.5 Å². The van der Waals surface area contributed by atoms with Crippen LogP contribution < -0.4 is 18.9 Å². The van der Waals surface area contributed by atoms with E-state index in [-0.39, 0.29) is 23.0 Å². The third-order valence-corrected chi connectivity index (χ3v) is 5.98. The molecule has 1 aliphatic rings. The van der Waals surface area contributed by atoms with E-state index in [0.717, 1.165) is 11.1 Å². The quantitative estimate of drug-likeness (QED) is 0.398. The van der Waals surface area contributed by atoms with E-state index in [0.29, 0.717) is 41.0 Å². The molecule has 8 heteroatoms. The van der Waals surface area contributed by atoms with Gasteiger partial charge in [0, 0.05) is 11.1 Å². The van der Waals surface area contributed by atoms with Gasteiger partial charge in [-0.05, 0) is 54.3 Å². The molecule has 180 valence electrons. The van der Waals surface area contributed by atoms with E-state index in [9.17, 15) is 20.4 Å². The Balaban J connectivity index is 1.85. The molecule has 4 N–H and O–H groups in total. The Kier molecular flexibility index (Phi) is 6.72. The molecule has 0 aliphatic carbocycles. The summed E-state index contributed by atoms with van der Waals surface area (Å²) in [4.78, 5) is 0. The van der Waals surface area contributed by atoms with E-state index in [1.807, 2.05) is 18.2 Å². The second kappa shape index (κ2) is 9.70. The highest BCUT2D eigenvalue weighted by Crippen LogP contribution is 2.56. The maximum Gasteiger partial charge on any atom is 0.201 e. The number of aliphatic hydroxyl groups excluding tert-OH is 2. The van der Waals surface area contributed by atoms with E-state index in [2.05, 4.69) is 0 Å². The largest absolute Gasteiger partial charge is 0.508 e. The topological polar surface area (TPSA) is 118 Å². The zero-order valence-electron chi connectivity index (χ0n) is 19.2. The van der Waals surface area contributed by atoms with Crippen molar-refractivity contribution in [1.29, 1.82) is 0 Å². The molecule has 0 bridgehead atoms. The molecule has 0 fully saturated rings. The zero-order chi connectivity index (χ0) is 24.4. The Bertz CT molecular complexity index is 1190. The van der Waals surface area contributed by atoms with Gasteiger partial charge < -0.3 is 39.4 Å². The minimum absolute atomic E-state index is 0.152. The number of benzene rings is 3. The fourth-order valence-corrected chi connectivity index (χ4v) is 4.35. The van der Waals surface area contributed by atoms with Crippen LogP contribution in [0.3, 0.4) is 0 Å². The Morgan fingerprint density at radius 2 is 1.62 bits per heavy atom. The molecule has 0 saturated carbocycles. The lowest BCUT2D eigenvalue weighted by atomic mass is 9.87. The van der Waals surface area contributed by atoms with Gasteiger partial charge in [-0.2, -0.15) is 0 Å². The summed E-state index contributed by atoms with van der Waals surface area (Å²) in [7, 11) is 4.38. The predicted molar refractivity (Wildman–Crippen MR) is 125 cm³/mol. The van der Waals surface area contributed by atoms with Crippen LogP contribution >= 0.6 is 0 Å². The van der Waals surface area contributed by atoms with Gasteiger partial charge in [-0.3, -0.25) is 0 Å². The van der Waals surface area contributed by atoms with Crippen LogP contribution in [0.1, 0.15) is 22.8 Å². The monoisotopic (exact) mass is 468 g/mol. The van der Waals surface area contributed by atoms with Crippen molar-refractivity contribution in [3.8, 4) is 45.6 Å². The number of phenolic OH excluding ortho intramolecular Hbond substituents is 2. The van der Waals surface area contributed by atoms with Gasteiger partial charge in [-0.25, -0.2) is 0 Å². The van der Waals surface area contributed by atoms with E-state index >= 15 is 0 Å². The SMILES string of the molecule is COc1cc2c(c(OC)c1O)-c1c(OC)cc(CCc3cccc(O)c3)cc1O[C@@H]2[C@H](O)CO. The summed E-state index contributed by atoms with van der Waals surface area (Å²) in [5, 5.41) is 40.7. The third kappa shape index (κ3) is 4.18. The molecular weight excluding hydrogens is 440 g/mol. The summed E-state index contributed by atoms with van der Waals surface area (Å²) >= 11 is 0. The molecule has 0 amide bonds. The molecule has 0 saturated heterocycles. The number of aromatic hydroxyl groups is 2. The Labute approximate surface area is 197 Å². The number of rotatable bonds is 8. The smallest absolute Gasteiger partial charge is 0.201 e. The fraction of sp³-hybridized carbons (Fsp3) is 0.308. The molecule has 2 atom stereocenters. The molecule has 8 nitrogen and oxygen atoms in total. The summed E-state index contributed by atoms with van der Waals surface area (Å²) in [6.45, 7) is -0.528. The number of aliphatic hydroxyl groups is 2. The van der Waals surface area contributed by atoms with Crippen molar-refractivity contribution >= 4 is 0 Å². The van der Waals surface area contributed by atoms with Crippen molar-refractivity contribution in [3.05, 3.63) is 59.2 Å². The molecule has 0 radical (unpaired) electrons. The normalized spacial score (nSPS) is 15.0. The first-order valence-electron chi connectivity index (χ1n) is 10.8. The number of methoxy groups -OCH3 is 3. The van der Waals surface area contributed by atoms with Gasteiger partial charge in [0.15, 0.2) is 17.6 Å². The van der Waals surface area contributed by atoms with Crippen molar-refractivity contribution in [2.45, 2.75) is 25.0 Å². The van der Waals surface area contributed by atoms with Gasteiger partial charge in [0.25, 0.3) is 0 Å². The molecule has 1 heterocycles. The molecule has 34 heavy (non-hydrogen) atoms. The van der Waals surface area contributed by atoms with Crippen LogP contribution in [0.4, 0.5) is 0 Å². The van der Waals surface area contributed by atoms with Gasteiger partial charge in [0.1, 0.15) is 23.4 Å². The van der Waals surface area contributed by atoms with E-state index in [4.69, 9.17) is 18.9 Å². The van der Waals surface area contributed by atoms with Crippen molar-refractivity contribution in [3.63, 3.8) is 0 Å². The van der Waals surface area contributed by atoms with Crippen LogP contribution in [0.5, 0.6) is 34.5 Å². The number of hydrogen-bond donors (Lipinski definition) is 4. The molecule has 0 aromatic heterocycles. The second-order valence-corrected chi connectivity index (χ2v) is 8.05. The molecule has 3 aromatic rings. The summed E-state index contributed by atoms with van der Waals surface area (Å²) in [6.07, 6.45) is -0.840. The number of fused-ring (bicyclic) bond motifs is 3. The maximum absolute atomic E-state index is 10.7. The van der Waals surface area contributed by atoms with Gasteiger partial charge in [-0.15, -0.1) is 0 Å². The maximum atomic E-state index is 10.7. The van der Waals surface area contributed by atoms with Crippen LogP contribution in [0.2, 0.25) is 0 Å². The first kappa shape index (κ1) is 23.5. The number of aryl methyl sites for hydroxylation is 2. The third-order valence-electron chi connectivity index (χ3n) is 5.98. The first-order chi connectivity index (χ1) is 16.4. The van der Waals surface area contributed by atoms with Crippen molar-refractivity contribution in [2.24, 2.45) is 0 Å². The van der Waals surface area contributed by atoms with Crippen LogP contribution in [-0.4, -0.2) is 54.5 Å². The molecule has 3 aromatic carbocycles. The lowest BCUT2D eigenvalue weighted by Crippen LogP contribution is -2.30. The summed E-state index contributed by atoms with van der Waals surface area (Å²) in [5.74, 6) is 1.26. The van der Waals surface area contributed by atoms with Gasteiger partial charge in [0.2, 0.25) is 5.75 Å². The van der Waals surface area contributed by atoms with E-state index in [1.54, 1.807) is 31.4 Å². The van der Waals surface area contributed by atoms with Crippen LogP contribution in [0, 0.1) is 0 Å². The molecular formula is C26H28O8. The van der Waals surface area contributed by atoms with Crippen molar-refractivity contribution < 1.29 is 39.4 Å². The average molecular weight is 469 g/mol. The summed E-state index contributed by atoms with van der Waals surface area (Å²) in [6, 6.07) is 12.4. The molecule has 0 unspecified atom stereocenters. The second-order valence-electron chi connectivity index (χ2n) is 8.05. The van der Waals surface area contributed by atoms with E-state index in [1.165, 1.54) is 14.2 Å². The average Bonchev–Trinajstić information content (AvgIpc) is 2.85. The van der Waals surface area contributed by atoms with Crippen molar-refractivity contribution in [2.75, 3.05) is 27.9 Å². The zero-order valence-corrected chi connectivity index (χ0v) is 19.2. The molecule has 1 aliphatic heterocycles. The minimum atomic E-state index is -1.23. The van der Waals surface area contributed by atoms with Crippen LogP contribution in [-0.2, 0) is 12.8 Å². The minimum Gasteiger partial charge on any atom is -0.508 e. The van der Waals surface area contributed by atoms with Gasteiger partial charge in [0.05, 0.1) is 33.5 Å². The summed E-state index contributed by atoms with van der Waals surface area (Å²) in [5.41, 5.74) is 3.45. The molecule has 0 spiro atoms. The van der Waals surface area contributed by atoms with E-state index < -0.39 is 18.8 Å². The Hall–Kier alpha value is -3.62. The highest BCUT2D eigenvalue weighted by atomic mass is 16.5.